The van der Waals surface area contributed by atoms with E-state index in [-0.39, 0.29) is 5.91 Å². The predicted molar refractivity (Wildman–Crippen MR) is 83.1 cm³/mol. The number of amides is 1. The average Bonchev–Trinajstić information content (AvgIpc) is 2.78. The number of hydrogen-bond acceptors (Lipinski definition) is 3. The zero-order valence-corrected chi connectivity index (χ0v) is 12.6. The van der Waals surface area contributed by atoms with Gasteiger partial charge in [-0.2, -0.15) is 0 Å². The average molecular weight is 288 g/mol. The highest BCUT2D eigenvalue weighted by molar-refractivity contribution is 5.90. The summed E-state index contributed by atoms with van der Waals surface area (Å²) in [7, 11) is 1.68. The van der Waals surface area contributed by atoms with Gasteiger partial charge < -0.3 is 15.4 Å². The van der Waals surface area contributed by atoms with Gasteiger partial charge in [-0.05, 0) is 49.3 Å². The molecule has 3 rings (SSSR count). The van der Waals surface area contributed by atoms with Crippen LogP contribution >= 0.6 is 0 Å². The van der Waals surface area contributed by atoms with Crippen molar-refractivity contribution >= 4 is 11.6 Å². The summed E-state index contributed by atoms with van der Waals surface area (Å²) in [6.45, 7) is 0.571. The highest BCUT2D eigenvalue weighted by Crippen LogP contribution is 2.32. The first kappa shape index (κ1) is 14.5. The molecule has 2 N–H and O–H groups in total. The summed E-state index contributed by atoms with van der Waals surface area (Å²) in [6.07, 6.45) is 5.49. The van der Waals surface area contributed by atoms with E-state index in [0.717, 1.165) is 24.1 Å². The molecule has 4 nitrogen and oxygen atoms in total. The van der Waals surface area contributed by atoms with Crippen LogP contribution in [0.4, 0.5) is 5.69 Å². The van der Waals surface area contributed by atoms with E-state index in [9.17, 15) is 4.79 Å². The Morgan fingerprint density at radius 3 is 2.81 bits per heavy atom. The zero-order valence-electron chi connectivity index (χ0n) is 12.6. The summed E-state index contributed by atoms with van der Waals surface area (Å²) in [5, 5.41) is 6.64. The van der Waals surface area contributed by atoms with Crippen molar-refractivity contribution in [2.45, 2.75) is 50.8 Å². The van der Waals surface area contributed by atoms with E-state index < -0.39 is 0 Å². The number of methoxy groups -OCH3 is 1. The number of hydrogen-bond donors (Lipinski definition) is 2. The maximum Gasteiger partial charge on any atom is 0.224 e. The Morgan fingerprint density at radius 2 is 2.10 bits per heavy atom. The molecule has 0 spiro atoms. The first-order chi connectivity index (χ1) is 10.2. The van der Waals surface area contributed by atoms with Crippen molar-refractivity contribution in [3.8, 4) is 0 Å². The monoisotopic (exact) mass is 288 g/mol. The number of ether oxygens (including phenoxy) is 1. The van der Waals surface area contributed by atoms with Crippen LogP contribution in [-0.2, 0) is 16.1 Å². The van der Waals surface area contributed by atoms with E-state index in [1.807, 2.05) is 24.3 Å². The molecule has 1 amide bonds. The molecule has 2 aliphatic heterocycles. The van der Waals surface area contributed by atoms with Crippen LogP contribution in [-0.4, -0.2) is 25.1 Å². The summed E-state index contributed by atoms with van der Waals surface area (Å²) in [5.41, 5.74) is 1.95. The van der Waals surface area contributed by atoms with E-state index in [4.69, 9.17) is 4.74 Å². The molecule has 2 heterocycles. The summed E-state index contributed by atoms with van der Waals surface area (Å²) in [6, 6.07) is 9.16. The van der Waals surface area contributed by atoms with E-state index in [1.54, 1.807) is 7.11 Å². The van der Waals surface area contributed by atoms with Crippen molar-refractivity contribution in [3.05, 3.63) is 29.8 Å². The van der Waals surface area contributed by atoms with Crippen LogP contribution in [0.2, 0.25) is 0 Å². The summed E-state index contributed by atoms with van der Waals surface area (Å²) >= 11 is 0. The molecule has 1 aromatic carbocycles. The molecule has 4 heteroatoms. The molecule has 2 unspecified atom stereocenters. The summed E-state index contributed by atoms with van der Waals surface area (Å²) < 4.78 is 5.12. The molecule has 0 aliphatic carbocycles. The number of carbonyl (C=O) groups excluding carboxylic acids is 1. The molecule has 2 aliphatic rings. The summed E-state index contributed by atoms with van der Waals surface area (Å²) in [4.78, 5) is 12.2. The van der Waals surface area contributed by atoms with E-state index >= 15 is 0 Å². The van der Waals surface area contributed by atoms with Gasteiger partial charge in [0.15, 0.2) is 0 Å². The number of anilines is 1. The minimum absolute atomic E-state index is 0.135. The Balaban J connectivity index is 1.53. The fourth-order valence-corrected chi connectivity index (χ4v) is 3.72. The molecule has 1 aromatic rings. The summed E-state index contributed by atoms with van der Waals surface area (Å²) in [5.74, 6) is 0.668. The second kappa shape index (κ2) is 6.58. The first-order valence-electron chi connectivity index (χ1n) is 7.86. The van der Waals surface area contributed by atoms with Gasteiger partial charge in [-0.15, -0.1) is 0 Å². The van der Waals surface area contributed by atoms with Crippen LogP contribution in [0.5, 0.6) is 0 Å². The molecule has 2 saturated heterocycles. The topological polar surface area (TPSA) is 50.4 Å². The number of nitrogens with one attached hydrogen (secondary N) is 2. The second-order valence-electron chi connectivity index (χ2n) is 6.36. The van der Waals surface area contributed by atoms with Crippen LogP contribution < -0.4 is 10.6 Å². The first-order valence-corrected chi connectivity index (χ1v) is 7.86. The molecule has 0 aromatic heterocycles. The Morgan fingerprint density at radius 1 is 1.33 bits per heavy atom. The number of piperidine rings is 1. The lowest BCUT2D eigenvalue weighted by Gasteiger charge is -2.28. The Hall–Kier alpha value is -1.39. The number of rotatable bonds is 5. The van der Waals surface area contributed by atoms with Crippen molar-refractivity contribution in [1.29, 1.82) is 0 Å². The molecular weight excluding hydrogens is 264 g/mol. The standard InChI is InChI=1S/C17H24N2O2/c1-21-11-12-3-2-4-14(7-12)19-17(20)10-13-8-15-5-6-16(9-13)18-15/h2-4,7,13,15-16,18H,5-6,8-11H2,1H3,(H,19,20). The highest BCUT2D eigenvalue weighted by Gasteiger charge is 2.34. The lowest BCUT2D eigenvalue weighted by Crippen LogP contribution is -2.39. The second-order valence-corrected chi connectivity index (χ2v) is 6.36. The van der Waals surface area contributed by atoms with Crippen LogP contribution in [0, 0.1) is 5.92 Å². The zero-order chi connectivity index (χ0) is 14.7. The molecular formula is C17H24N2O2. The molecule has 0 radical (unpaired) electrons. The normalized spacial score (nSPS) is 27.6. The molecule has 0 saturated carbocycles. The van der Waals surface area contributed by atoms with Crippen molar-refractivity contribution in [2.24, 2.45) is 5.92 Å². The van der Waals surface area contributed by atoms with E-state index in [0.29, 0.717) is 31.0 Å². The molecule has 21 heavy (non-hydrogen) atoms. The smallest absolute Gasteiger partial charge is 0.224 e. The van der Waals surface area contributed by atoms with Crippen molar-refractivity contribution in [2.75, 3.05) is 12.4 Å². The van der Waals surface area contributed by atoms with Crippen LogP contribution in [0.15, 0.2) is 24.3 Å². The van der Waals surface area contributed by atoms with Gasteiger partial charge in [-0.25, -0.2) is 0 Å². The van der Waals surface area contributed by atoms with Gasteiger partial charge in [-0.1, -0.05) is 12.1 Å². The fourth-order valence-electron chi connectivity index (χ4n) is 3.72. The number of fused-ring (bicyclic) bond motifs is 2. The maximum atomic E-state index is 12.2. The van der Waals surface area contributed by atoms with Gasteiger partial charge in [0, 0.05) is 31.3 Å². The Bertz CT molecular complexity index is 491. The lowest BCUT2D eigenvalue weighted by atomic mass is 9.89. The van der Waals surface area contributed by atoms with Gasteiger partial charge in [0.1, 0.15) is 0 Å². The number of benzene rings is 1. The van der Waals surface area contributed by atoms with Crippen LogP contribution in [0.25, 0.3) is 0 Å². The SMILES string of the molecule is COCc1cccc(NC(=O)CC2CC3CCC(C2)N3)c1. The third-order valence-corrected chi connectivity index (χ3v) is 4.57. The minimum Gasteiger partial charge on any atom is -0.380 e. The van der Waals surface area contributed by atoms with Gasteiger partial charge in [0.05, 0.1) is 6.61 Å². The van der Waals surface area contributed by atoms with Crippen LogP contribution in [0.1, 0.15) is 37.7 Å². The molecule has 114 valence electrons. The van der Waals surface area contributed by atoms with Gasteiger partial charge in [0.25, 0.3) is 0 Å². The third-order valence-electron chi connectivity index (χ3n) is 4.57. The molecule has 2 fully saturated rings. The predicted octanol–water partition coefficient (Wildman–Crippen LogP) is 2.69. The maximum absolute atomic E-state index is 12.2. The van der Waals surface area contributed by atoms with Crippen molar-refractivity contribution in [1.82, 2.24) is 5.32 Å². The van der Waals surface area contributed by atoms with Gasteiger partial charge >= 0.3 is 0 Å². The van der Waals surface area contributed by atoms with E-state index in [2.05, 4.69) is 10.6 Å². The molecule has 2 bridgehead atoms. The Labute approximate surface area is 126 Å². The van der Waals surface area contributed by atoms with Crippen LogP contribution in [0.3, 0.4) is 0 Å². The van der Waals surface area contributed by atoms with E-state index in [1.165, 1.54) is 12.8 Å². The quantitative estimate of drug-likeness (QED) is 0.876. The number of carbonyl (C=O) groups is 1. The fraction of sp³-hybridized carbons (Fsp3) is 0.588. The third kappa shape index (κ3) is 3.83. The van der Waals surface area contributed by atoms with Gasteiger partial charge in [-0.3, -0.25) is 4.79 Å². The van der Waals surface area contributed by atoms with Gasteiger partial charge in [0.2, 0.25) is 5.91 Å². The largest absolute Gasteiger partial charge is 0.380 e. The van der Waals surface area contributed by atoms with Crippen molar-refractivity contribution < 1.29 is 9.53 Å². The minimum atomic E-state index is 0.135. The highest BCUT2D eigenvalue weighted by atomic mass is 16.5. The molecule has 2 atom stereocenters. The van der Waals surface area contributed by atoms with Crippen molar-refractivity contribution in [3.63, 3.8) is 0 Å². The Kier molecular flexibility index (Phi) is 4.56. The lowest BCUT2D eigenvalue weighted by molar-refractivity contribution is -0.117.